The number of nitrogens with zero attached hydrogens (tertiary/aromatic N) is 2. The van der Waals surface area contributed by atoms with Gasteiger partial charge < -0.3 is 20.3 Å². The van der Waals surface area contributed by atoms with Crippen LogP contribution in [0.5, 0.6) is 5.75 Å². The molecule has 0 bridgehead atoms. The van der Waals surface area contributed by atoms with Crippen molar-refractivity contribution in [1.82, 2.24) is 15.5 Å². The number of guanidine groups is 1. The molecule has 2 rings (SSSR count). The van der Waals surface area contributed by atoms with Crippen LogP contribution in [-0.2, 0) is 4.79 Å². The summed E-state index contributed by atoms with van der Waals surface area (Å²) >= 11 is 0. The van der Waals surface area contributed by atoms with Crippen molar-refractivity contribution in [3.63, 3.8) is 0 Å². The van der Waals surface area contributed by atoms with Crippen molar-refractivity contribution in [2.45, 2.75) is 25.7 Å². The lowest BCUT2D eigenvalue weighted by molar-refractivity contribution is -0.138. The molecule has 2 N–H and O–H groups in total. The zero-order chi connectivity index (χ0) is 19.9. The van der Waals surface area contributed by atoms with Crippen LogP contribution >= 0.6 is 0 Å². The number of hydrogen-bond donors (Lipinski definition) is 2. The van der Waals surface area contributed by atoms with Crippen LogP contribution in [0.4, 0.5) is 8.78 Å². The number of amides is 1. The Balaban J connectivity index is 1.80. The van der Waals surface area contributed by atoms with Gasteiger partial charge in [-0.1, -0.05) is 12.8 Å². The Labute approximate surface area is 159 Å². The van der Waals surface area contributed by atoms with E-state index in [1.165, 1.54) is 6.07 Å². The number of carbonyl (C=O) groups excluding carboxylic acids is 1. The van der Waals surface area contributed by atoms with E-state index in [4.69, 9.17) is 4.74 Å². The average Bonchev–Trinajstić information content (AvgIpc) is 3.12. The largest absolute Gasteiger partial charge is 0.489 e. The first-order chi connectivity index (χ1) is 12.9. The first-order valence-electron chi connectivity index (χ1n) is 9.12. The van der Waals surface area contributed by atoms with Gasteiger partial charge in [0.2, 0.25) is 5.91 Å². The number of nitrogens with one attached hydrogen (secondary N) is 2. The van der Waals surface area contributed by atoms with Crippen LogP contribution in [-0.4, -0.2) is 57.6 Å². The van der Waals surface area contributed by atoms with Crippen LogP contribution in [0.15, 0.2) is 23.2 Å². The van der Waals surface area contributed by atoms with Crippen LogP contribution in [0.25, 0.3) is 0 Å². The van der Waals surface area contributed by atoms with Crippen molar-refractivity contribution in [3.8, 4) is 5.75 Å². The molecule has 1 amide bonds. The van der Waals surface area contributed by atoms with Gasteiger partial charge >= 0.3 is 0 Å². The molecule has 1 aliphatic rings. The molecule has 1 saturated carbocycles. The highest BCUT2D eigenvalue weighted by Crippen LogP contribution is 2.38. The molecular formula is C19H28F2N4O2. The van der Waals surface area contributed by atoms with Crippen LogP contribution in [0.3, 0.4) is 0 Å². The van der Waals surface area contributed by atoms with Crippen LogP contribution in [0, 0.1) is 17.0 Å². The van der Waals surface area contributed by atoms with Crippen LogP contribution in [0.2, 0.25) is 0 Å². The predicted molar refractivity (Wildman–Crippen MR) is 101 cm³/mol. The van der Waals surface area contributed by atoms with Crippen molar-refractivity contribution in [1.29, 1.82) is 0 Å². The van der Waals surface area contributed by atoms with Gasteiger partial charge in [0, 0.05) is 33.8 Å². The Bertz CT molecular complexity index is 674. The number of benzene rings is 1. The van der Waals surface area contributed by atoms with E-state index in [0.29, 0.717) is 19.0 Å². The molecule has 8 heteroatoms. The first kappa shape index (κ1) is 20.9. The number of halogens is 2. The average molecular weight is 382 g/mol. The van der Waals surface area contributed by atoms with E-state index in [-0.39, 0.29) is 18.3 Å². The van der Waals surface area contributed by atoms with E-state index in [1.54, 1.807) is 26.0 Å². The molecule has 0 heterocycles. The molecule has 1 aromatic rings. The van der Waals surface area contributed by atoms with Crippen LogP contribution in [0.1, 0.15) is 25.7 Å². The zero-order valence-corrected chi connectivity index (χ0v) is 16.1. The van der Waals surface area contributed by atoms with Gasteiger partial charge in [-0.25, -0.2) is 8.78 Å². The molecule has 0 saturated heterocycles. The monoisotopic (exact) mass is 382 g/mol. The Morgan fingerprint density at radius 2 is 1.96 bits per heavy atom. The molecule has 0 aliphatic heterocycles. The minimum Gasteiger partial charge on any atom is -0.489 e. The highest BCUT2D eigenvalue weighted by Gasteiger charge is 2.42. The molecule has 0 spiro atoms. The number of aliphatic imine (C=N–C) groups is 1. The maximum Gasteiger partial charge on any atom is 0.230 e. The summed E-state index contributed by atoms with van der Waals surface area (Å²) in [5, 5.41) is 6.29. The van der Waals surface area contributed by atoms with Gasteiger partial charge in [-0.15, -0.1) is 0 Å². The van der Waals surface area contributed by atoms with E-state index < -0.39 is 17.0 Å². The quantitative estimate of drug-likeness (QED) is 0.431. The number of ether oxygens (including phenoxy) is 1. The lowest BCUT2D eigenvalue weighted by Crippen LogP contribution is -2.49. The normalized spacial score (nSPS) is 16.1. The molecule has 150 valence electrons. The Morgan fingerprint density at radius 3 is 2.56 bits per heavy atom. The summed E-state index contributed by atoms with van der Waals surface area (Å²) in [6.45, 7) is 1.08. The van der Waals surface area contributed by atoms with Crippen molar-refractivity contribution in [2.75, 3.05) is 40.8 Å². The Hall–Kier alpha value is -2.38. The van der Waals surface area contributed by atoms with Gasteiger partial charge in [0.05, 0.1) is 12.0 Å². The van der Waals surface area contributed by atoms with E-state index >= 15 is 0 Å². The van der Waals surface area contributed by atoms with Gasteiger partial charge in [0.15, 0.2) is 17.5 Å². The lowest BCUT2D eigenvalue weighted by Gasteiger charge is -2.31. The topological polar surface area (TPSA) is 66.0 Å². The number of hydrogen-bond acceptors (Lipinski definition) is 3. The Morgan fingerprint density at radius 1 is 1.26 bits per heavy atom. The SMILES string of the molecule is CN=C(NCCOc1ccc(F)cc1F)NCC1(C(=O)N(C)C)CCCC1. The maximum atomic E-state index is 13.5. The second-order valence-electron chi connectivity index (χ2n) is 6.96. The molecule has 0 radical (unpaired) electrons. The van der Waals surface area contributed by atoms with Gasteiger partial charge in [-0.2, -0.15) is 0 Å². The first-order valence-corrected chi connectivity index (χ1v) is 9.12. The molecule has 6 nitrogen and oxygen atoms in total. The molecule has 0 aromatic heterocycles. The summed E-state index contributed by atoms with van der Waals surface area (Å²) in [6, 6.07) is 3.19. The zero-order valence-electron chi connectivity index (χ0n) is 16.1. The number of rotatable bonds is 7. The van der Waals surface area contributed by atoms with Crippen LogP contribution < -0.4 is 15.4 Å². The molecule has 1 fully saturated rings. The third-order valence-corrected chi connectivity index (χ3v) is 4.78. The van der Waals surface area contributed by atoms with Gasteiger partial charge in [-0.3, -0.25) is 9.79 Å². The minimum absolute atomic E-state index is 0.00244. The Kier molecular flexibility index (Phi) is 7.38. The summed E-state index contributed by atoms with van der Waals surface area (Å²) < 4.78 is 31.7. The molecule has 0 atom stereocenters. The summed E-state index contributed by atoms with van der Waals surface area (Å²) in [7, 11) is 5.20. The summed E-state index contributed by atoms with van der Waals surface area (Å²) in [6.07, 6.45) is 3.82. The second kappa shape index (κ2) is 9.53. The van der Waals surface area contributed by atoms with Crippen molar-refractivity contribution in [3.05, 3.63) is 29.8 Å². The molecular weight excluding hydrogens is 354 g/mol. The summed E-state index contributed by atoms with van der Waals surface area (Å²) in [4.78, 5) is 18.4. The van der Waals surface area contributed by atoms with Crippen molar-refractivity contribution >= 4 is 11.9 Å². The molecule has 27 heavy (non-hydrogen) atoms. The van der Waals surface area contributed by atoms with Crippen molar-refractivity contribution < 1.29 is 18.3 Å². The third-order valence-electron chi connectivity index (χ3n) is 4.78. The molecule has 0 unspecified atom stereocenters. The minimum atomic E-state index is -0.733. The summed E-state index contributed by atoms with van der Waals surface area (Å²) in [5.74, 6) is -0.685. The smallest absolute Gasteiger partial charge is 0.230 e. The maximum absolute atomic E-state index is 13.5. The highest BCUT2D eigenvalue weighted by molar-refractivity contribution is 5.85. The molecule has 1 aromatic carbocycles. The van der Waals surface area contributed by atoms with E-state index in [9.17, 15) is 13.6 Å². The van der Waals surface area contributed by atoms with E-state index in [2.05, 4.69) is 15.6 Å². The van der Waals surface area contributed by atoms with E-state index in [1.807, 2.05) is 0 Å². The summed E-state index contributed by atoms with van der Waals surface area (Å²) in [5.41, 5.74) is -0.394. The molecule has 1 aliphatic carbocycles. The highest BCUT2D eigenvalue weighted by atomic mass is 19.1. The third kappa shape index (κ3) is 5.55. The number of carbonyl (C=O) groups is 1. The lowest BCUT2D eigenvalue weighted by atomic mass is 9.84. The van der Waals surface area contributed by atoms with E-state index in [0.717, 1.165) is 37.8 Å². The van der Waals surface area contributed by atoms with Gasteiger partial charge in [0.25, 0.3) is 0 Å². The van der Waals surface area contributed by atoms with Crippen molar-refractivity contribution in [2.24, 2.45) is 10.4 Å². The fraction of sp³-hybridized carbons (Fsp3) is 0.579. The van der Waals surface area contributed by atoms with Gasteiger partial charge in [-0.05, 0) is 25.0 Å². The second-order valence-corrected chi connectivity index (χ2v) is 6.96. The standard InChI is InChI=1S/C19H28F2N4O2/c1-22-18(23-10-11-27-16-7-6-14(20)12-15(16)21)24-13-19(8-4-5-9-19)17(26)25(2)3/h6-7,12H,4-5,8-11,13H2,1-3H3,(H2,22,23,24). The fourth-order valence-corrected chi connectivity index (χ4v) is 3.39. The van der Waals surface area contributed by atoms with Gasteiger partial charge in [0.1, 0.15) is 12.4 Å². The fourth-order valence-electron chi connectivity index (χ4n) is 3.39. The predicted octanol–water partition coefficient (Wildman–Crippen LogP) is 2.16.